The van der Waals surface area contributed by atoms with Crippen molar-refractivity contribution in [2.45, 2.75) is 71.6 Å². The Morgan fingerprint density at radius 3 is 2.48 bits per heavy atom. The minimum Gasteiger partial charge on any atom is -0.444 e. The van der Waals surface area contributed by atoms with Crippen LogP contribution in [0.5, 0.6) is 0 Å². The third kappa shape index (κ3) is 7.08. The van der Waals surface area contributed by atoms with E-state index in [9.17, 15) is 4.79 Å². The number of amides is 1. The number of nitrogens with one attached hydrogen (secondary N) is 1. The molecule has 0 radical (unpaired) electrons. The molecule has 0 bridgehead atoms. The van der Waals surface area contributed by atoms with Crippen molar-refractivity contribution < 1.29 is 9.53 Å². The van der Waals surface area contributed by atoms with Crippen molar-refractivity contribution in [2.24, 2.45) is 5.92 Å². The summed E-state index contributed by atoms with van der Waals surface area (Å²) in [4.78, 5) is 16.6. The molecule has 1 N–H and O–H groups in total. The first-order valence-corrected chi connectivity index (χ1v) is 8.98. The number of ether oxygens (including phenoxy) is 1. The predicted molar refractivity (Wildman–Crippen MR) is 95.8 cm³/mol. The van der Waals surface area contributed by atoms with E-state index in [0.717, 1.165) is 32.5 Å². The first-order chi connectivity index (χ1) is 10.6. The van der Waals surface area contributed by atoms with Crippen LogP contribution < -0.4 is 5.32 Å². The maximum absolute atomic E-state index is 12.4. The minimum atomic E-state index is -0.430. The van der Waals surface area contributed by atoms with Gasteiger partial charge in [0.15, 0.2) is 0 Å². The molecule has 1 aliphatic rings. The summed E-state index contributed by atoms with van der Waals surface area (Å²) in [5, 5.41) is 3.57. The molecule has 2 atom stereocenters. The first kappa shape index (κ1) is 20.2. The monoisotopic (exact) mass is 327 g/mol. The average molecular weight is 328 g/mol. The van der Waals surface area contributed by atoms with Crippen molar-refractivity contribution in [2.75, 3.05) is 33.7 Å². The fourth-order valence-electron chi connectivity index (χ4n) is 3.19. The summed E-state index contributed by atoms with van der Waals surface area (Å²) >= 11 is 0. The molecule has 1 aliphatic heterocycles. The molecule has 1 heterocycles. The van der Waals surface area contributed by atoms with Crippen molar-refractivity contribution in [1.82, 2.24) is 15.1 Å². The highest BCUT2D eigenvalue weighted by Crippen LogP contribution is 2.20. The lowest BCUT2D eigenvalue weighted by Gasteiger charge is -2.37. The Morgan fingerprint density at radius 1 is 1.30 bits per heavy atom. The van der Waals surface area contributed by atoms with Gasteiger partial charge in [0.25, 0.3) is 0 Å². The topological polar surface area (TPSA) is 44.8 Å². The Hall–Kier alpha value is -0.810. The molecule has 0 aromatic carbocycles. The van der Waals surface area contributed by atoms with E-state index in [0.29, 0.717) is 12.0 Å². The number of carbonyl (C=O) groups is 1. The lowest BCUT2D eigenvalue weighted by atomic mass is 10.0. The van der Waals surface area contributed by atoms with Crippen molar-refractivity contribution in [3.63, 3.8) is 0 Å². The fourth-order valence-corrected chi connectivity index (χ4v) is 3.19. The number of rotatable bonds is 6. The molecule has 5 heteroatoms. The lowest BCUT2D eigenvalue weighted by molar-refractivity contribution is 0.00976. The van der Waals surface area contributed by atoms with Gasteiger partial charge >= 0.3 is 6.09 Å². The second-order valence-electron chi connectivity index (χ2n) is 8.26. The largest absolute Gasteiger partial charge is 0.444 e. The first-order valence-electron chi connectivity index (χ1n) is 8.98. The molecule has 1 rings (SSSR count). The van der Waals surface area contributed by atoms with Gasteiger partial charge in [0.2, 0.25) is 0 Å². The van der Waals surface area contributed by atoms with Crippen LogP contribution in [-0.2, 0) is 4.74 Å². The Bertz CT molecular complexity index is 356. The number of hydrogen-bond acceptors (Lipinski definition) is 4. The molecule has 5 nitrogen and oxygen atoms in total. The second kappa shape index (κ2) is 8.88. The van der Waals surface area contributed by atoms with Gasteiger partial charge in [-0.2, -0.15) is 0 Å². The van der Waals surface area contributed by atoms with Crippen LogP contribution in [-0.4, -0.2) is 67.3 Å². The van der Waals surface area contributed by atoms with Gasteiger partial charge in [-0.3, -0.25) is 0 Å². The van der Waals surface area contributed by atoms with Gasteiger partial charge in [0, 0.05) is 31.7 Å². The Balaban J connectivity index is 2.53. The molecule has 2 unspecified atom stereocenters. The molecule has 1 amide bonds. The zero-order valence-electron chi connectivity index (χ0n) is 16.2. The highest BCUT2D eigenvalue weighted by Gasteiger charge is 2.30. The molecular weight excluding hydrogens is 290 g/mol. The van der Waals surface area contributed by atoms with E-state index in [-0.39, 0.29) is 12.1 Å². The molecule has 0 aromatic heterocycles. The van der Waals surface area contributed by atoms with E-state index in [2.05, 4.69) is 38.2 Å². The summed E-state index contributed by atoms with van der Waals surface area (Å²) < 4.78 is 5.56. The lowest BCUT2D eigenvalue weighted by Crippen LogP contribution is -2.51. The number of likely N-dealkylation sites (tertiary alicyclic amines) is 1. The third-order valence-electron chi connectivity index (χ3n) is 4.42. The van der Waals surface area contributed by atoms with Gasteiger partial charge in [0.05, 0.1) is 0 Å². The van der Waals surface area contributed by atoms with Crippen molar-refractivity contribution >= 4 is 6.09 Å². The van der Waals surface area contributed by atoms with Crippen LogP contribution in [0.25, 0.3) is 0 Å². The molecule has 0 aromatic rings. The molecular formula is C18H37N3O2. The summed E-state index contributed by atoms with van der Waals surface area (Å²) in [5.41, 5.74) is -0.430. The van der Waals surface area contributed by atoms with Crippen LogP contribution in [0.4, 0.5) is 4.79 Å². The van der Waals surface area contributed by atoms with Crippen LogP contribution in [0.1, 0.15) is 53.9 Å². The molecule has 1 fully saturated rings. The van der Waals surface area contributed by atoms with E-state index in [1.165, 1.54) is 6.42 Å². The van der Waals surface area contributed by atoms with Crippen LogP contribution >= 0.6 is 0 Å². The Morgan fingerprint density at radius 2 is 1.96 bits per heavy atom. The third-order valence-corrected chi connectivity index (χ3v) is 4.42. The van der Waals surface area contributed by atoms with E-state index in [4.69, 9.17) is 4.74 Å². The number of hydrogen-bond donors (Lipinski definition) is 1. The summed E-state index contributed by atoms with van der Waals surface area (Å²) in [5.74, 6) is 0.603. The maximum Gasteiger partial charge on any atom is 0.410 e. The number of likely N-dealkylation sites (N-methyl/N-ethyl adjacent to an activating group) is 1. The normalized spacial score (nSPS) is 20.9. The van der Waals surface area contributed by atoms with Gasteiger partial charge in [0.1, 0.15) is 5.60 Å². The maximum atomic E-state index is 12.4. The summed E-state index contributed by atoms with van der Waals surface area (Å²) in [7, 11) is 4.25. The van der Waals surface area contributed by atoms with Gasteiger partial charge < -0.3 is 19.9 Å². The number of carbonyl (C=O) groups excluding carboxylic acids is 1. The average Bonchev–Trinajstić information content (AvgIpc) is 2.41. The smallest absolute Gasteiger partial charge is 0.410 e. The minimum absolute atomic E-state index is 0.169. The van der Waals surface area contributed by atoms with Crippen LogP contribution in [0.3, 0.4) is 0 Å². The highest BCUT2D eigenvalue weighted by atomic mass is 16.6. The predicted octanol–water partition coefficient (Wildman–Crippen LogP) is 2.95. The molecule has 0 aliphatic carbocycles. The van der Waals surface area contributed by atoms with Gasteiger partial charge in [-0.05, 0) is 60.0 Å². The Labute approximate surface area is 142 Å². The SMILES string of the molecule is CC(C)C(CNCC1CCCCN1C(=O)OC(C)(C)C)N(C)C. The number of piperidine rings is 1. The van der Waals surface area contributed by atoms with E-state index >= 15 is 0 Å². The van der Waals surface area contributed by atoms with Gasteiger partial charge in [-0.25, -0.2) is 4.79 Å². The van der Waals surface area contributed by atoms with Crippen molar-refractivity contribution in [1.29, 1.82) is 0 Å². The number of nitrogens with zero attached hydrogens (tertiary/aromatic N) is 2. The molecule has 0 saturated carbocycles. The van der Waals surface area contributed by atoms with Crippen LogP contribution in [0.15, 0.2) is 0 Å². The highest BCUT2D eigenvalue weighted by molar-refractivity contribution is 5.68. The van der Waals surface area contributed by atoms with Crippen LogP contribution in [0.2, 0.25) is 0 Å². The molecule has 1 saturated heterocycles. The summed E-state index contributed by atoms with van der Waals surface area (Å²) in [6, 6.07) is 0.752. The molecule has 136 valence electrons. The van der Waals surface area contributed by atoms with E-state index in [1.54, 1.807) is 0 Å². The second-order valence-corrected chi connectivity index (χ2v) is 8.26. The van der Waals surface area contributed by atoms with Crippen LogP contribution in [0, 0.1) is 5.92 Å². The molecule has 23 heavy (non-hydrogen) atoms. The molecule has 0 spiro atoms. The van der Waals surface area contributed by atoms with E-state index < -0.39 is 5.60 Å². The Kier molecular flexibility index (Phi) is 7.81. The van der Waals surface area contributed by atoms with Crippen molar-refractivity contribution in [3.05, 3.63) is 0 Å². The standard InChI is InChI=1S/C18H37N3O2/c1-14(2)16(20(6)7)13-19-12-15-10-8-9-11-21(15)17(22)23-18(3,4)5/h14-16,19H,8-13H2,1-7H3. The zero-order chi connectivity index (χ0) is 17.6. The fraction of sp³-hybridized carbons (Fsp3) is 0.944. The van der Waals surface area contributed by atoms with Gasteiger partial charge in [-0.15, -0.1) is 0 Å². The summed E-state index contributed by atoms with van der Waals surface area (Å²) in [6.45, 7) is 12.9. The van der Waals surface area contributed by atoms with Crippen molar-refractivity contribution in [3.8, 4) is 0 Å². The van der Waals surface area contributed by atoms with E-state index in [1.807, 2.05) is 25.7 Å². The zero-order valence-corrected chi connectivity index (χ0v) is 16.2. The van der Waals surface area contributed by atoms with Gasteiger partial charge in [-0.1, -0.05) is 13.8 Å². The quantitative estimate of drug-likeness (QED) is 0.815. The summed E-state index contributed by atoms with van der Waals surface area (Å²) in [6.07, 6.45) is 3.15.